The molecule has 1 saturated carbocycles. The summed E-state index contributed by atoms with van der Waals surface area (Å²) in [5.74, 6) is 3.98. The summed E-state index contributed by atoms with van der Waals surface area (Å²) in [4.78, 5) is 0. The van der Waals surface area contributed by atoms with Gasteiger partial charge in [0, 0.05) is 5.92 Å². The average Bonchev–Trinajstić information content (AvgIpc) is 3.66. The van der Waals surface area contributed by atoms with Crippen molar-refractivity contribution >= 4 is 17.5 Å². The van der Waals surface area contributed by atoms with Gasteiger partial charge in [0.1, 0.15) is 0 Å². The fraction of sp³-hybridized carbons (Fsp3) is 0.344. The first-order valence-electron chi connectivity index (χ1n) is 13.4. The van der Waals surface area contributed by atoms with E-state index in [-0.39, 0.29) is 31.0 Å². The van der Waals surface area contributed by atoms with Crippen LogP contribution in [0.4, 0.5) is 5.69 Å². The zero-order chi connectivity index (χ0) is 25.9. The highest BCUT2D eigenvalue weighted by Crippen LogP contribution is 2.52. The Hall–Kier alpha value is -3.93. The predicted octanol–water partition coefficient (Wildman–Crippen LogP) is 7.22. The smallest absolute Gasteiger partial charge is 0.231 e. The van der Waals surface area contributed by atoms with Gasteiger partial charge in [-0.05, 0) is 83.3 Å². The molecule has 0 radical (unpaired) electrons. The minimum Gasteiger partial charge on any atom is -0.454 e. The minimum absolute atomic E-state index is 0.0622. The molecule has 0 N–H and O–H groups in total. The lowest BCUT2D eigenvalue weighted by molar-refractivity contribution is 0.173. The second kappa shape index (κ2) is 8.83. The van der Waals surface area contributed by atoms with Crippen LogP contribution in [0.25, 0.3) is 6.08 Å². The number of hydrogen-bond donors (Lipinski definition) is 0. The summed E-state index contributed by atoms with van der Waals surface area (Å²) in [7, 11) is 0. The summed E-state index contributed by atoms with van der Waals surface area (Å²) < 4.78 is 22.6. The van der Waals surface area contributed by atoms with Crippen LogP contribution in [-0.2, 0) is 0 Å². The summed E-state index contributed by atoms with van der Waals surface area (Å²) in [6.07, 6.45) is 4.36. The minimum atomic E-state index is 0.0622. The van der Waals surface area contributed by atoms with Crippen LogP contribution in [0.3, 0.4) is 0 Å². The maximum absolute atomic E-state index is 5.78. The number of benzene rings is 3. The standard InChI is InChI=1S/C32H32N2O4/c1-32(2,3)23-15-22(13-20-9-11-26-28(14-20)37-18-35-26)30-25(17-23)31(34(33-30)24-7-5-4-6-8-24)21-10-12-27-29(16-21)38-19-36-27/h4-14,16,23,25,31H,15,17-19H2,1-3H3/b22-13+. The molecule has 6 nitrogen and oxygen atoms in total. The number of hydrazone groups is 1. The first-order chi connectivity index (χ1) is 18.4. The molecule has 6 heteroatoms. The molecule has 38 heavy (non-hydrogen) atoms. The highest BCUT2D eigenvalue weighted by Gasteiger charge is 2.46. The van der Waals surface area contributed by atoms with Crippen molar-refractivity contribution in [1.29, 1.82) is 0 Å². The number of fused-ring (bicyclic) bond motifs is 3. The van der Waals surface area contributed by atoms with Gasteiger partial charge in [0.05, 0.1) is 17.4 Å². The number of anilines is 1. The SMILES string of the molecule is CC(C)(C)C1C/C(=C\c2ccc3c(c2)OCO3)C2=NN(c3ccccc3)C(c3ccc4c(c3)OCO4)C2C1. The van der Waals surface area contributed by atoms with E-state index >= 15 is 0 Å². The Labute approximate surface area is 223 Å². The highest BCUT2D eigenvalue weighted by molar-refractivity contribution is 6.08. The number of rotatable bonds is 3. The van der Waals surface area contributed by atoms with Crippen molar-refractivity contribution in [3.05, 3.63) is 83.4 Å². The van der Waals surface area contributed by atoms with Crippen LogP contribution < -0.4 is 24.0 Å². The normalized spacial score (nSPS) is 24.5. The van der Waals surface area contributed by atoms with Crippen molar-refractivity contribution in [1.82, 2.24) is 0 Å². The van der Waals surface area contributed by atoms with Crippen molar-refractivity contribution in [3.63, 3.8) is 0 Å². The van der Waals surface area contributed by atoms with E-state index in [1.54, 1.807) is 0 Å². The van der Waals surface area contributed by atoms with E-state index in [0.29, 0.717) is 5.92 Å². The van der Waals surface area contributed by atoms with E-state index in [1.807, 2.05) is 12.1 Å². The van der Waals surface area contributed by atoms with Gasteiger partial charge in [-0.3, -0.25) is 5.01 Å². The second-order valence-corrected chi connectivity index (χ2v) is 11.6. The third-order valence-electron chi connectivity index (χ3n) is 8.27. The first-order valence-corrected chi connectivity index (χ1v) is 13.4. The lowest BCUT2D eigenvalue weighted by Gasteiger charge is -2.40. The molecule has 4 aliphatic rings. The largest absolute Gasteiger partial charge is 0.454 e. The Morgan fingerprint density at radius 1 is 0.816 bits per heavy atom. The first kappa shape index (κ1) is 23.2. The molecule has 1 fully saturated rings. The van der Waals surface area contributed by atoms with Crippen LogP contribution in [-0.4, -0.2) is 19.3 Å². The van der Waals surface area contributed by atoms with Crippen molar-refractivity contribution < 1.29 is 18.9 Å². The Bertz CT molecular complexity index is 1440. The van der Waals surface area contributed by atoms with Crippen molar-refractivity contribution in [2.45, 2.75) is 39.7 Å². The number of hydrogen-bond acceptors (Lipinski definition) is 6. The molecule has 194 valence electrons. The van der Waals surface area contributed by atoms with Crippen LogP contribution in [0.5, 0.6) is 23.0 Å². The lowest BCUT2D eigenvalue weighted by Crippen LogP contribution is -2.35. The Morgan fingerprint density at radius 3 is 2.24 bits per heavy atom. The van der Waals surface area contributed by atoms with Gasteiger partial charge < -0.3 is 18.9 Å². The maximum Gasteiger partial charge on any atom is 0.231 e. The van der Waals surface area contributed by atoms with Crippen LogP contribution >= 0.6 is 0 Å². The van der Waals surface area contributed by atoms with Crippen molar-refractivity contribution in [2.24, 2.45) is 22.4 Å². The van der Waals surface area contributed by atoms with E-state index in [0.717, 1.165) is 47.1 Å². The predicted molar refractivity (Wildman–Crippen MR) is 148 cm³/mol. The maximum atomic E-state index is 5.78. The molecule has 3 aliphatic heterocycles. The molecule has 0 amide bonds. The molecule has 0 saturated heterocycles. The zero-order valence-electron chi connectivity index (χ0n) is 22.0. The summed E-state index contributed by atoms with van der Waals surface area (Å²) in [5.41, 5.74) is 6.03. The Kier molecular flexibility index (Phi) is 5.39. The Morgan fingerprint density at radius 2 is 1.50 bits per heavy atom. The van der Waals surface area contributed by atoms with Crippen LogP contribution in [0, 0.1) is 17.3 Å². The van der Waals surface area contributed by atoms with Crippen LogP contribution in [0.15, 0.2) is 77.4 Å². The van der Waals surface area contributed by atoms with Gasteiger partial charge >= 0.3 is 0 Å². The summed E-state index contributed by atoms with van der Waals surface area (Å²) in [5, 5.41) is 7.57. The van der Waals surface area contributed by atoms with E-state index in [1.165, 1.54) is 16.8 Å². The molecule has 0 aromatic heterocycles. The van der Waals surface area contributed by atoms with E-state index in [2.05, 4.69) is 86.5 Å². The third-order valence-corrected chi connectivity index (χ3v) is 8.27. The van der Waals surface area contributed by atoms with Gasteiger partial charge in [-0.15, -0.1) is 0 Å². The second-order valence-electron chi connectivity index (χ2n) is 11.6. The molecule has 0 bridgehead atoms. The molecular formula is C32H32N2O4. The number of allylic oxidation sites excluding steroid dienone is 1. The molecule has 1 aliphatic carbocycles. The van der Waals surface area contributed by atoms with Gasteiger partial charge in [-0.1, -0.05) is 51.1 Å². The quantitative estimate of drug-likeness (QED) is 0.374. The zero-order valence-corrected chi connectivity index (χ0v) is 22.0. The monoisotopic (exact) mass is 508 g/mol. The van der Waals surface area contributed by atoms with E-state index in [4.69, 9.17) is 24.0 Å². The summed E-state index contributed by atoms with van der Waals surface area (Å²) in [6.45, 7) is 7.62. The molecule has 3 aromatic rings. The number of nitrogens with zero attached hydrogens (tertiary/aromatic N) is 2. The van der Waals surface area contributed by atoms with E-state index in [9.17, 15) is 0 Å². The molecule has 3 heterocycles. The molecule has 3 aromatic carbocycles. The van der Waals surface area contributed by atoms with Gasteiger partial charge in [0.2, 0.25) is 13.6 Å². The van der Waals surface area contributed by atoms with Crippen molar-refractivity contribution in [3.8, 4) is 23.0 Å². The van der Waals surface area contributed by atoms with Gasteiger partial charge in [-0.2, -0.15) is 5.10 Å². The van der Waals surface area contributed by atoms with E-state index < -0.39 is 0 Å². The molecule has 7 rings (SSSR count). The van der Waals surface area contributed by atoms with Gasteiger partial charge in [-0.25, -0.2) is 0 Å². The number of ether oxygens (including phenoxy) is 4. The average molecular weight is 509 g/mol. The fourth-order valence-electron chi connectivity index (χ4n) is 6.14. The van der Waals surface area contributed by atoms with Crippen molar-refractivity contribution in [2.75, 3.05) is 18.6 Å². The third kappa shape index (κ3) is 3.99. The summed E-state index contributed by atoms with van der Waals surface area (Å²) >= 11 is 0. The Balaban J connectivity index is 1.35. The lowest BCUT2D eigenvalue weighted by atomic mass is 9.65. The molecule has 3 atom stereocenters. The molecular weight excluding hydrogens is 476 g/mol. The van der Waals surface area contributed by atoms with Gasteiger partial charge in [0.25, 0.3) is 0 Å². The highest BCUT2D eigenvalue weighted by atomic mass is 16.7. The number of para-hydroxylation sites is 1. The van der Waals surface area contributed by atoms with Gasteiger partial charge in [0.15, 0.2) is 23.0 Å². The fourth-order valence-corrected chi connectivity index (χ4v) is 6.14. The molecule has 3 unspecified atom stereocenters. The topological polar surface area (TPSA) is 52.5 Å². The van der Waals surface area contributed by atoms with Crippen LogP contribution in [0.2, 0.25) is 0 Å². The summed E-state index contributed by atoms with van der Waals surface area (Å²) in [6, 6.07) is 23.1. The molecule has 0 spiro atoms. The van der Waals surface area contributed by atoms with Crippen LogP contribution in [0.1, 0.15) is 50.8 Å².